The van der Waals surface area contributed by atoms with Crippen LogP contribution in [-0.4, -0.2) is 37.6 Å². The molecule has 0 aromatic heterocycles. The second-order valence-corrected chi connectivity index (χ2v) is 7.01. The maximum atomic E-state index is 12.6. The molecule has 2 rings (SSSR count). The first kappa shape index (κ1) is 15.2. The van der Waals surface area contributed by atoms with E-state index in [0.717, 1.165) is 12.8 Å². The molecule has 1 heterocycles. The lowest BCUT2D eigenvalue weighted by atomic mass is 10.1. The van der Waals surface area contributed by atoms with Crippen molar-refractivity contribution in [2.45, 2.75) is 37.1 Å². The zero-order valence-electron chi connectivity index (χ0n) is 11.6. The number of Topliss-reactive ketones (excluding diaryl/α,β-unsaturated/α-hetero) is 1. The van der Waals surface area contributed by atoms with Gasteiger partial charge in [-0.05, 0) is 25.0 Å². The highest BCUT2D eigenvalue weighted by molar-refractivity contribution is 7.89. The first-order chi connectivity index (χ1) is 9.45. The molecule has 0 amide bonds. The molecule has 1 aliphatic rings. The summed E-state index contributed by atoms with van der Waals surface area (Å²) in [7, 11) is -3.56. The monoisotopic (exact) mass is 296 g/mol. The lowest BCUT2D eigenvalue weighted by Crippen LogP contribution is -2.45. The van der Waals surface area contributed by atoms with Gasteiger partial charge >= 0.3 is 0 Å². The average Bonchev–Trinajstić information content (AvgIpc) is 2.46. The number of carbonyl (C=O) groups is 1. The van der Waals surface area contributed by atoms with E-state index in [2.05, 4.69) is 0 Å². The summed E-state index contributed by atoms with van der Waals surface area (Å²) in [5.41, 5.74) is 6.28. The highest BCUT2D eigenvalue weighted by Gasteiger charge is 2.29. The summed E-state index contributed by atoms with van der Waals surface area (Å²) in [6.45, 7) is 2.59. The third-order valence-corrected chi connectivity index (χ3v) is 5.40. The highest BCUT2D eigenvalue weighted by atomic mass is 32.2. The van der Waals surface area contributed by atoms with Crippen molar-refractivity contribution in [3.8, 4) is 0 Å². The van der Waals surface area contributed by atoms with E-state index in [4.69, 9.17) is 5.73 Å². The van der Waals surface area contributed by atoms with Gasteiger partial charge in [0.15, 0.2) is 5.78 Å². The number of hydrogen-bond acceptors (Lipinski definition) is 4. The van der Waals surface area contributed by atoms with Crippen molar-refractivity contribution in [3.05, 3.63) is 29.8 Å². The molecular formula is C14H20N2O3S. The Labute approximate surface area is 119 Å². The molecule has 1 fully saturated rings. The van der Waals surface area contributed by atoms with Crippen molar-refractivity contribution >= 4 is 15.8 Å². The minimum atomic E-state index is -3.56. The number of piperidine rings is 1. The molecule has 5 nitrogen and oxygen atoms in total. The third-order valence-electron chi connectivity index (χ3n) is 3.54. The Bertz CT molecular complexity index is 598. The van der Waals surface area contributed by atoms with Crippen molar-refractivity contribution in [3.63, 3.8) is 0 Å². The number of hydrogen-bond donors (Lipinski definition) is 1. The van der Waals surface area contributed by atoms with Crippen molar-refractivity contribution in [2.75, 3.05) is 13.1 Å². The van der Waals surface area contributed by atoms with E-state index in [0.29, 0.717) is 25.1 Å². The van der Waals surface area contributed by atoms with Crippen LogP contribution < -0.4 is 5.73 Å². The Balaban J connectivity index is 2.32. The Kier molecular flexibility index (Phi) is 4.57. The molecule has 1 aromatic carbocycles. The van der Waals surface area contributed by atoms with Crippen molar-refractivity contribution in [2.24, 2.45) is 5.73 Å². The molecule has 6 heteroatoms. The summed E-state index contributed by atoms with van der Waals surface area (Å²) in [5.74, 6) is -0.0580. The van der Waals surface area contributed by atoms with Gasteiger partial charge in [0.05, 0.1) is 4.90 Å². The lowest BCUT2D eigenvalue weighted by Gasteiger charge is -2.29. The van der Waals surface area contributed by atoms with Gasteiger partial charge in [-0.15, -0.1) is 0 Å². The predicted molar refractivity (Wildman–Crippen MR) is 77.0 cm³/mol. The Hall–Kier alpha value is -1.24. The summed E-state index contributed by atoms with van der Waals surface area (Å²) in [4.78, 5) is 11.9. The van der Waals surface area contributed by atoms with Gasteiger partial charge in [-0.25, -0.2) is 8.42 Å². The number of nitrogens with zero attached hydrogens (tertiary/aromatic N) is 1. The standard InChI is InChI=1S/C14H20N2O3S/c1-2-14(17)11-5-3-7-13(9-11)20(18,19)16-8-4-6-12(15)10-16/h3,5,7,9,12H,2,4,6,8,10,15H2,1H3. The van der Waals surface area contributed by atoms with E-state index in [1.807, 2.05) is 0 Å². The van der Waals surface area contributed by atoms with Crippen molar-refractivity contribution in [1.82, 2.24) is 4.31 Å². The Morgan fingerprint density at radius 3 is 2.85 bits per heavy atom. The molecule has 0 aliphatic carbocycles. The fraction of sp³-hybridized carbons (Fsp3) is 0.500. The van der Waals surface area contributed by atoms with Crippen molar-refractivity contribution in [1.29, 1.82) is 0 Å². The normalized spacial score (nSPS) is 20.8. The zero-order valence-corrected chi connectivity index (χ0v) is 12.4. The third kappa shape index (κ3) is 3.08. The highest BCUT2D eigenvalue weighted by Crippen LogP contribution is 2.21. The van der Waals surface area contributed by atoms with Crippen LogP contribution in [0.4, 0.5) is 0 Å². The summed E-state index contributed by atoms with van der Waals surface area (Å²) >= 11 is 0. The quantitative estimate of drug-likeness (QED) is 0.851. The van der Waals surface area contributed by atoms with E-state index in [-0.39, 0.29) is 16.7 Å². The van der Waals surface area contributed by atoms with Crippen LogP contribution >= 0.6 is 0 Å². The molecule has 2 N–H and O–H groups in total. The SMILES string of the molecule is CCC(=O)c1cccc(S(=O)(=O)N2CCCC(N)C2)c1. The van der Waals surface area contributed by atoms with Gasteiger partial charge < -0.3 is 5.73 Å². The Morgan fingerprint density at radius 2 is 2.20 bits per heavy atom. The first-order valence-corrected chi connectivity index (χ1v) is 8.28. The lowest BCUT2D eigenvalue weighted by molar-refractivity contribution is 0.0988. The van der Waals surface area contributed by atoms with E-state index >= 15 is 0 Å². The molecule has 1 aliphatic heterocycles. The second kappa shape index (κ2) is 6.03. The number of ketones is 1. The van der Waals surface area contributed by atoms with Crippen LogP contribution in [0.5, 0.6) is 0 Å². The Morgan fingerprint density at radius 1 is 1.45 bits per heavy atom. The van der Waals surface area contributed by atoms with Crippen LogP contribution in [0.25, 0.3) is 0 Å². The molecular weight excluding hydrogens is 276 g/mol. The second-order valence-electron chi connectivity index (χ2n) is 5.07. The number of sulfonamides is 1. The minimum absolute atomic E-state index is 0.0580. The molecule has 0 bridgehead atoms. The summed E-state index contributed by atoms with van der Waals surface area (Å²) in [6, 6.07) is 6.13. The van der Waals surface area contributed by atoms with Crippen LogP contribution in [0.3, 0.4) is 0 Å². The fourth-order valence-corrected chi connectivity index (χ4v) is 3.96. The van der Waals surface area contributed by atoms with Crippen molar-refractivity contribution < 1.29 is 13.2 Å². The fourth-order valence-electron chi connectivity index (χ4n) is 2.38. The van der Waals surface area contributed by atoms with Gasteiger partial charge in [0.25, 0.3) is 0 Å². The molecule has 0 spiro atoms. The summed E-state index contributed by atoms with van der Waals surface area (Å²) in [6.07, 6.45) is 1.98. The largest absolute Gasteiger partial charge is 0.327 e. The van der Waals surface area contributed by atoms with Crippen LogP contribution in [-0.2, 0) is 10.0 Å². The predicted octanol–water partition coefficient (Wildman–Crippen LogP) is 1.39. The first-order valence-electron chi connectivity index (χ1n) is 6.84. The van der Waals surface area contributed by atoms with Gasteiger partial charge in [0, 0.05) is 31.1 Å². The van der Waals surface area contributed by atoms with E-state index in [1.165, 1.54) is 16.4 Å². The number of benzene rings is 1. The van der Waals surface area contributed by atoms with E-state index in [9.17, 15) is 13.2 Å². The average molecular weight is 296 g/mol. The van der Waals surface area contributed by atoms with Gasteiger partial charge in [-0.2, -0.15) is 4.31 Å². The molecule has 110 valence electrons. The molecule has 1 saturated heterocycles. The molecule has 1 aromatic rings. The van der Waals surface area contributed by atoms with Crippen LogP contribution in [0.15, 0.2) is 29.2 Å². The minimum Gasteiger partial charge on any atom is -0.327 e. The topological polar surface area (TPSA) is 80.5 Å². The smallest absolute Gasteiger partial charge is 0.243 e. The van der Waals surface area contributed by atoms with Crippen LogP contribution in [0.1, 0.15) is 36.5 Å². The van der Waals surface area contributed by atoms with Gasteiger partial charge in [-0.3, -0.25) is 4.79 Å². The maximum Gasteiger partial charge on any atom is 0.243 e. The van der Waals surface area contributed by atoms with Gasteiger partial charge in [0.1, 0.15) is 0 Å². The maximum absolute atomic E-state index is 12.6. The molecule has 1 atom stereocenters. The van der Waals surface area contributed by atoms with Gasteiger partial charge in [-0.1, -0.05) is 19.1 Å². The zero-order chi connectivity index (χ0) is 14.8. The molecule has 0 radical (unpaired) electrons. The number of nitrogens with two attached hydrogens (primary N) is 1. The molecule has 0 saturated carbocycles. The van der Waals surface area contributed by atoms with Gasteiger partial charge in [0.2, 0.25) is 10.0 Å². The van der Waals surface area contributed by atoms with E-state index < -0.39 is 10.0 Å². The number of rotatable bonds is 4. The number of carbonyl (C=O) groups excluding carboxylic acids is 1. The summed E-state index contributed by atoms with van der Waals surface area (Å²) in [5, 5.41) is 0. The van der Waals surface area contributed by atoms with Crippen LogP contribution in [0, 0.1) is 0 Å². The summed E-state index contributed by atoms with van der Waals surface area (Å²) < 4.78 is 26.5. The van der Waals surface area contributed by atoms with E-state index in [1.54, 1.807) is 19.1 Å². The molecule has 1 unspecified atom stereocenters. The van der Waals surface area contributed by atoms with Crippen LogP contribution in [0.2, 0.25) is 0 Å². The molecule has 20 heavy (non-hydrogen) atoms.